The smallest absolute Gasteiger partial charge is 0.343 e. The molecule has 0 spiro atoms. The predicted molar refractivity (Wildman–Crippen MR) is 106 cm³/mol. The van der Waals surface area contributed by atoms with Gasteiger partial charge in [-0.15, -0.1) is 0 Å². The summed E-state index contributed by atoms with van der Waals surface area (Å²) in [6.45, 7) is 1.03. The van der Waals surface area contributed by atoms with E-state index in [1.807, 2.05) is 0 Å². The highest BCUT2D eigenvalue weighted by atomic mass is 32.2. The lowest BCUT2D eigenvalue weighted by Crippen LogP contribution is -2.31. The van der Waals surface area contributed by atoms with Gasteiger partial charge in [-0.1, -0.05) is 18.9 Å². The van der Waals surface area contributed by atoms with Crippen LogP contribution in [-0.4, -0.2) is 44.9 Å². The average molecular weight is 417 g/mol. The Labute approximate surface area is 170 Å². The monoisotopic (exact) mass is 417 g/mol. The molecule has 1 aliphatic heterocycles. The van der Waals surface area contributed by atoms with Crippen molar-refractivity contribution < 1.29 is 27.5 Å². The lowest BCUT2D eigenvalue weighted by molar-refractivity contribution is 0.0597. The lowest BCUT2D eigenvalue weighted by Gasteiger charge is -2.20. The van der Waals surface area contributed by atoms with E-state index in [0.29, 0.717) is 13.1 Å². The Bertz CT molecular complexity index is 976. The third kappa shape index (κ3) is 5.02. The van der Waals surface area contributed by atoms with Gasteiger partial charge in [0.25, 0.3) is 0 Å². The highest BCUT2D eigenvalue weighted by molar-refractivity contribution is 7.89. The van der Waals surface area contributed by atoms with E-state index in [1.165, 1.54) is 41.7 Å². The first kappa shape index (κ1) is 21.0. The summed E-state index contributed by atoms with van der Waals surface area (Å²) in [6, 6.07) is 11.8. The van der Waals surface area contributed by atoms with E-state index in [-0.39, 0.29) is 21.8 Å². The molecule has 0 atom stereocenters. The molecule has 1 saturated heterocycles. The van der Waals surface area contributed by atoms with Gasteiger partial charge in [0.05, 0.1) is 23.1 Å². The number of benzene rings is 2. The number of carbonyl (C=O) groups is 2. The van der Waals surface area contributed by atoms with Crippen molar-refractivity contribution in [3.8, 4) is 5.75 Å². The molecule has 7 nitrogen and oxygen atoms in total. The lowest BCUT2D eigenvalue weighted by atomic mass is 10.2. The Hall–Kier alpha value is -2.71. The number of carbonyl (C=O) groups excluding carboxylic acids is 2. The summed E-state index contributed by atoms with van der Waals surface area (Å²) in [5, 5.41) is 0. The second kappa shape index (κ2) is 9.19. The molecule has 0 radical (unpaired) electrons. The molecule has 2 aromatic carbocycles. The molecule has 8 heteroatoms. The van der Waals surface area contributed by atoms with Crippen molar-refractivity contribution in [1.82, 2.24) is 4.31 Å². The predicted octanol–water partition coefficient (Wildman–Crippen LogP) is 3.26. The summed E-state index contributed by atoms with van der Waals surface area (Å²) in [7, 11) is -2.31. The molecule has 29 heavy (non-hydrogen) atoms. The standard InChI is InChI=1S/C21H23NO6S/c1-27-20(23)17-7-6-8-18(15-17)28-21(24)16-9-11-19(12-10-16)29(25,26)22-13-4-2-3-5-14-22/h6-12,15H,2-5,13-14H2,1H3. The van der Waals surface area contributed by atoms with Gasteiger partial charge in [0.15, 0.2) is 0 Å². The summed E-state index contributed by atoms with van der Waals surface area (Å²) >= 11 is 0. The molecule has 0 aliphatic carbocycles. The zero-order chi connectivity index (χ0) is 20.9. The molecule has 1 fully saturated rings. The highest BCUT2D eigenvalue weighted by Gasteiger charge is 2.25. The minimum absolute atomic E-state index is 0.156. The summed E-state index contributed by atoms with van der Waals surface area (Å²) in [5.41, 5.74) is 0.472. The van der Waals surface area contributed by atoms with E-state index in [9.17, 15) is 18.0 Å². The number of rotatable bonds is 5. The van der Waals surface area contributed by atoms with E-state index in [4.69, 9.17) is 4.74 Å². The molecule has 1 aliphatic rings. The first-order valence-electron chi connectivity index (χ1n) is 9.42. The maximum absolute atomic E-state index is 12.8. The molecule has 1 heterocycles. The fourth-order valence-corrected chi connectivity index (χ4v) is 4.68. The Morgan fingerprint density at radius 3 is 2.14 bits per heavy atom. The van der Waals surface area contributed by atoms with Gasteiger partial charge in [-0.3, -0.25) is 0 Å². The molecule has 0 N–H and O–H groups in total. The molecule has 0 bridgehead atoms. The first-order chi connectivity index (χ1) is 13.9. The van der Waals surface area contributed by atoms with Crippen LogP contribution >= 0.6 is 0 Å². The largest absolute Gasteiger partial charge is 0.465 e. The minimum atomic E-state index is -3.57. The van der Waals surface area contributed by atoms with Crippen molar-refractivity contribution in [2.24, 2.45) is 0 Å². The van der Waals surface area contributed by atoms with E-state index >= 15 is 0 Å². The molecule has 0 unspecified atom stereocenters. The molecule has 2 aromatic rings. The maximum atomic E-state index is 12.8. The first-order valence-corrected chi connectivity index (χ1v) is 10.9. The number of esters is 2. The van der Waals surface area contributed by atoms with Crippen LogP contribution in [0.3, 0.4) is 0 Å². The quantitative estimate of drug-likeness (QED) is 0.548. The topological polar surface area (TPSA) is 90.0 Å². The SMILES string of the molecule is COC(=O)c1cccc(OC(=O)c2ccc(S(=O)(=O)N3CCCCCC3)cc2)c1. The van der Waals surface area contributed by atoms with Gasteiger partial charge in [-0.05, 0) is 55.3 Å². The van der Waals surface area contributed by atoms with Crippen molar-refractivity contribution in [1.29, 1.82) is 0 Å². The van der Waals surface area contributed by atoms with Crippen LogP contribution in [0.5, 0.6) is 5.75 Å². The Balaban J connectivity index is 1.73. The van der Waals surface area contributed by atoms with Crippen LogP contribution in [0.25, 0.3) is 0 Å². The number of nitrogens with zero attached hydrogens (tertiary/aromatic N) is 1. The highest BCUT2D eigenvalue weighted by Crippen LogP contribution is 2.21. The van der Waals surface area contributed by atoms with E-state index in [0.717, 1.165) is 25.7 Å². The minimum Gasteiger partial charge on any atom is -0.465 e. The number of ether oxygens (including phenoxy) is 2. The molecular weight excluding hydrogens is 394 g/mol. The Kier molecular flexibility index (Phi) is 6.66. The summed E-state index contributed by atoms with van der Waals surface area (Å²) in [4.78, 5) is 24.1. The van der Waals surface area contributed by atoms with Gasteiger partial charge in [0, 0.05) is 13.1 Å². The molecule has 0 aromatic heterocycles. The van der Waals surface area contributed by atoms with Crippen LogP contribution in [0, 0.1) is 0 Å². The van der Waals surface area contributed by atoms with E-state index < -0.39 is 22.0 Å². The maximum Gasteiger partial charge on any atom is 0.343 e. The third-order valence-corrected chi connectivity index (χ3v) is 6.67. The second-order valence-electron chi connectivity index (χ2n) is 6.75. The van der Waals surface area contributed by atoms with E-state index in [1.54, 1.807) is 18.2 Å². The summed E-state index contributed by atoms with van der Waals surface area (Å²) < 4.78 is 37.1. The third-order valence-electron chi connectivity index (χ3n) is 4.76. The van der Waals surface area contributed by atoms with Gasteiger partial charge in [0.2, 0.25) is 10.0 Å². The van der Waals surface area contributed by atoms with Crippen molar-refractivity contribution in [2.75, 3.05) is 20.2 Å². The van der Waals surface area contributed by atoms with Gasteiger partial charge in [0.1, 0.15) is 5.75 Å². The van der Waals surface area contributed by atoms with Crippen molar-refractivity contribution in [2.45, 2.75) is 30.6 Å². The van der Waals surface area contributed by atoms with Gasteiger partial charge >= 0.3 is 11.9 Å². The van der Waals surface area contributed by atoms with Crippen molar-refractivity contribution in [3.63, 3.8) is 0 Å². The van der Waals surface area contributed by atoms with Crippen LogP contribution in [0.1, 0.15) is 46.4 Å². The zero-order valence-corrected chi connectivity index (χ0v) is 17.0. The molecular formula is C21H23NO6S. The van der Waals surface area contributed by atoms with E-state index in [2.05, 4.69) is 4.74 Å². The van der Waals surface area contributed by atoms with Crippen LogP contribution in [0.4, 0.5) is 0 Å². The van der Waals surface area contributed by atoms with Crippen LogP contribution < -0.4 is 4.74 Å². The van der Waals surface area contributed by atoms with Gasteiger partial charge < -0.3 is 9.47 Å². The van der Waals surface area contributed by atoms with Gasteiger partial charge in [-0.2, -0.15) is 4.31 Å². The number of hydrogen-bond donors (Lipinski definition) is 0. The van der Waals surface area contributed by atoms with Crippen LogP contribution in [0.15, 0.2) is 53.4 Å². The molecule has 0 amide bonds. The van der Waals surface area contributed by atoms with Gasteiger partial charge in [-0.25, -0.2) is 18.0 Å². The molecule has 154 valence electrons. The van der Waals surface area contributed by atoms with Crippen LogP contribution in [-0.2, 0) is 14.8 Å². The average Bonchev–Trinajstić information content (AvgIpc) is 3.03. The Morgan fingerprint density at radius 1 is 0.862 bits per heavy atom. The normalized spacial score (nSPS) is 15.3. The molecule has 0 saturated carbocycles. The summed E-state index contributed by atoms with van der Waals surface area (Å²) in [5.74, 6) is -0.990. The zero-order valence-electron chi connectivity index (χ0n) is 16.2. The Morgan fingerprint density at radius 2 is 1.52 bits per heavy atom. The van der Waals surface area contributed by atoms with Crippen molar-refractivity contribution >= 4 is 22.0 Å². The molecule has 3 rings (SSSR count). The van der Waals surface area contributed by atoms with Crippen molar-refractivity contribution in [3.05, 3.63) is 59.7 Å². The summed E-state index contributed by atoms with van der Waals surface area (Å²) in [6.07, 6.45) is 3.78. The number of hydrogen-bond acceptors (Lipinski definition) is 6. The second-order valence-corrected chi connectivity index (χ2v) is 8.69. The number of sulfonamides is 1. The van der Waals surface area contributed by atoms with Crippen LogP contribution in [0.2, 0.25) is 0 Å². The number of methoxy groups -OCH3 is 1. The fraction of sp³-hybridized carbons (Fsp3) is 0.333. The fourth-order valence-electron chi connectivity index (χ4n) is 3.16.